The second kappa shape index (κ2) is 29.4. The standard InChI is InChI=1S/C58H41NS.C31H19ClS.C27H23N/c1-57(2)51-23-10-6-19-45(51)48-34-32-44(37-54(48)57)59(43-18-14-17-39(35-43)38-15-4-3-5-16-38)42-30-27-40(28-31-42)58(52-24-11-7-20-46(52)47-21-8-12-25-53(47)58)41-29-33-50-49-22-9-13-26-55(49)60-56(50)36-41;32-22-16-13-20(14-17-22)31(27-10-4-1-7-23(27)24-8-2-5-11-28(24)31)21-15-18-26-25-9-3-6-12-29(25)33-30(26)19-21;1-27(2)25-14-7-6-13-23(25)24-16-15-22(18-26(24)27)28-21-12-8-11-20(17-21)19-9-4-3-5-10-19/h3-37H,1-2H3;1-19H;3-18,28H,1-2H3. The topological polar surface area (TPSA) is 15.3 Å². The molecule has 121 heavy (non-hydrogen) atoms. The number of hydrogen-bond donors (Lipinski definition) is 1. The van der Waals surface area contributed by atoms with Crippen LogP contribution in [0.5, 0.6) is 0 Å². The number of anilines is 5. The summed E-state index contributed by atoms with van der Waals surface area (Å²) in [5.74, 6) is 0. The smallest absolute Gasteiger partial charge is 0.0714 e. The minimum atomic E-state index is -0.502. The number of halogens is 1. The van der Waals surface area contributed by atoms with Gasteiger partial charge in [0.2, 0.25) is 0 Å². The normalized spacial score (nSPS) is 13.9. The molecular formula is C116H83ClN2S2. The van der Waals surface area contributed by atoms with E-state index < -0.39 is 5.41 Å². The summed E-state index contributed by atoms with van der Waals surface area (Å²) in [6.07, 6.45) is 0. The van der Waals surface area contributed by atoms with E-state index in [1.54, 1.807) is 0 Å². The molecule has 0 fully saturated rings. The van der Waals surface area contributed by atoms with Crippen molar-refractivity contribution in [2.45, 2.75) is 49.4 Å². The third kappa shape index (κ3) is 12.0. The van der Waals surface area contributed by atoms with Crippen LogP contribution in [0.3, 0.4) is 0 Å². The van der Waals surface area contributed by atoms with Crippen molar-refractivity contribution >= 4 is 103 Å². The monoisotopic (exact) mass is 1600 g/mol. The molecule has 1 N–H and O–H groups in total. The lowest BCUT2D eigenvalue weighted by atomic mass is 9.67. The van der Waals surface area contributed by atoms with Crippen LogP contribution in [-0.4, -0.2) is 0 Å². The average Bonchev–Trinajstić information content (AvgIpc) is 1.54. The van der Waals surface area contributed by atoms with Gasteiger partial charge < -0.3 is 10.2 Å². The molecule has 5 heteroatoms. The van der Waals surface area contributed by atoms with E-state index in [1.165, 1.54) is 174 Å². The fourth-order valence-electron chi connectivity index (χ4n) is 20.6. The predicted molar refractivity (Wildman–Crippen MR) is 515 cm³/mol. The van der Waals surface area contributed by atoms with Gasteiger partial charge in [-0.25, -0.2) is 0 Å². The molecule has 0 atom stereocenters. The van der Waals surface area contributed by atoms with Gasteiger partial charge in [-0.05, 0) is 231 Å². The lowest BCUT2D eigenvalue weighted by Gasteiger charge is -2.34. The van der Waals surface area contributed by atoms with Crippen LogP contribution in [0.25, 0.3) is 107 Å². The van der Waals surface area contributed by atoms with Crippen molar-refractivity contribution in [3.63, 3.8) is 0 Å². The maximum absolute atomic E-state index is 6.34. The van der Waals surface area contributed by atoms with E-state index in [9.17, 15) is 0 Å². The lowest BCUT2D eigenvalue weighted by molar-refractivity contribution is 0.660. The number of hydrogen-bond acceptors (Lipinski definition) is 4. The molecule has 0 spiro atoms. The highest BCUT2D eigenvalue weighted by Gasteiger charge is 2.48. The summed E-state index contributed by atoms with van der Waals surface area (Å²) in [5, 5.41) is 9.66. The molecule has 0 saturated heterocycles. The van der Waals surface area contributed by atoms with Crippen LogP contribution < -0.4 is 10.2 Å². The number of nitrogens with one attached hydrogen (secondary N) is 1. The molecule has 4 aliphatic carbocycles. The van der Waals surface area contributed by atoms with E-state index in [2.05, 4.69) is 450 Å². The Labute approximate surface area is 720 Å². The molecule has 20 aromatic rings. The Hall–Kier alpha value is -13.7. The fourth-order valence-corrected chi connectivity index (χ4v) is 23.0. The van der Waals surface area contributed by atoms with E-state index in [0.717, 1.165) is 33.5 Å². The molecule has 2 nitrogen and oxygen atoms in total. The van der Waals surface area contributed by atoms with Crippen molar-refractivity contribution in [1.82, 2.24) is 0 Å². The summed E-state index contributed by atoms with van der Waals surface area (Å²) in [6, 6.07) is 156. The van der Waals surface area contributed by atoms with Gasteiger partial charge in [-0.15, -0.1) is 22.7 Å². The maximum Gasteiger partial charge on any atom is 0.0714 e. The molecule has 0 saturated carbocycles. The van der Waals surface area contributed by atoms with E-state index in [-0.39, 0.29) is 16.2 Å². The third-order valence-corrected chi connectivity index (χ3v) is 28.8. The van der Waals surface area contributed by atoms with Crippen LogP contribution in [0.2, 0.25) is 5.02 Å². The Morgan fingerprint density at radius 3 is 1.05 bits per heavy atom. The average molecular weight is 1600 g/mol. The highest BCUT2D eigenvalue weighted by Crippen LogP contribution is 2.60. The van der Waals surface area contributed by atoms with E-state index in [4.69, 9.17) is 11.6 Å². The molecule has 24 rings (SSSR count). The van der Waals surface area contributed by atoms with Crippen LogP contribution in [0.4, 0.5) is 28.4 Å². The van der Waals surface area contributed by atoms with E-state index >= 15 is 0 Å². The molecule has 18 aromatic carbocycles. The quantitative estimate of drug-likeness (QED) is 0.139. The first kappa shape index (κ1) is 73.6. The number of benzene rings is 18. The molecule has 0 unspecified atom stereocenters. The van der Waals surface area contributed by atoms with Crippen molar-refractivity contribution in [2.75, 3.05) is 10.2 Å². The van der Waals surface area contributed by atoms with Crippen LogP contribution in [0.1, 0.15) is 94.5 Å². The molecule has 2 aromatic heterocycles. The van der Waals surface area contributed by atoms with E-state index in [1.807, 2.05) is 34.8 Å². The third-order valence-electron chi connectivity index (χ3n) is 26.2. The maximum atomic E-state index is 6.34. The lowest BCUT2D eigenvalue weighted by Crippen LogP contribution is -2.28. The molecule has 4 aliphatic rings. The highest BCUT2D eigenvalue weighted by atomic mass is 35.5. The zero-order valence-electron chi connectivity index (χ0n) is 67.6. The van der Waals surface area contributed by atoms with Crippen molar-refractivity contribution in [1.29, 1.82) is 0 Å². The first-order valence-corrected chi connectivity index (χ1v) is 43.9. The van der Waals surface area contributed by atoms with Crippen LogP contribution in [0, 0.1) is 0 Å². The van der Waals surface area contributed by atoms with Gasteiger partial charge in [-0.2, -0.15) is 0 Å². The number of nitrogens with zero attached hydrogens (tertiary/aromatic N) is 1. The van der Waals surface area contributed by atoms with Gasteiger partial charge in [-0.3, -0.25) is 0 Å². The van der Waals surface area contributed by atoms with Gasteiger partial charge in [0.25, 0.3) is 0 Å². The van der Waals surface area contributed by atoms with Crippen molar-refractivity contribution < 1.29 is 0 Å². The van der Waals surface area contributed by atoms with Crippen molar-refractivity contribution in [3.05, 3.63) is 496 Å². The van der Waals surface area contributed by atoms with Crippen molar-refractivity contribution in [3.8, 4) is 66.8 Å². The number of fused-ring (bicyclic) bond motifs is 18. The first-order chi connectivity index (χ1) is 59.4. The largest absolute Gasteiger partial charge is 0.356 e. The predicted octanol–water partition coefficient (Wildman–Crippen LogP) is 32.3. The molecule has 576 valence electrons. The Balaban J connectivity index is 0.000000120. The van der Waals surface area contributed by atoms with Crippen LogP contribution in [0.15, 0.2) is 425 Å². The van der Waals surface area contributed by atoms with Crippen LogP contribution in [-0.2, 0) is 21.7 Å². The Bertz CT molecular complexity index is 7360. The second-order valence-corrected chi connectivity index (χ2v) is 36.1. The van der Waals surface area contributed by atoms with E-state index in [0.29, 0.717) is 0 Å². The SMILES string of the molecule is CC1(C)c2ccccc2-c2ccc(N(c3ccc(C4(c5ccc6c(c5)sc5ccccc56)c5ccccc5-c5ccccc54)cc3)c3cccc(-c4ccccc4)c3)cc21.CC1(C)c2ccccc2-c2ccc(Nc3cccc(-c4ccccc4)c3)cc21.Clc1ccc(C2(c3ccc4c(c3)sc3ccccc34)c3ccccc3-c3ccccc32)cc1. The summed E-state index contributed by atoms with van der Waals surface area (Å²) in [4.78, 5) is 2.45. The summed E-state index contributed by atoms with van der Waals surface area (Å²) < 4.78 is 5.30. The molecule has 0 aliphatic heterocycles. The van der Waals surface area contributed by atoms with Crippen molar-refractivity contribution in [2.24, 2.45) is 0 Å². The molecule has 2 heterocycles. The van der Waals surface area contributed by atoms with Gasteiger partial charge in [-0.1, -0.05) is 367 Å². The number of rotatable bonds is 11. The zero-order valence-corrected chi connectivity index (χ0v) is 69.9. The van der Waals surface area contributed by atoms with Gasteiger partial charge in [0.05, 0.1) is 10.8 Å². The Morgan fingerprint density at radius 2 is 0.562 bits per heavy atom. The minimum Gasteiger partial charge on any atom is -0.356 e. The second-order valence-electron chi connectivity index (χ2n) is 33.5. The summed E-state index contributed by atoms with van der Waals surface area (Å²) in [5.41, 5.74) is 36.0. The van der Waals surface area contributed by atoms with Gasteiger partial charge in [0.1, 0.15) is 0 Å². The number of thiophene rings is 2. The molecule has 0 radical (unpaired) electrons. The Kier molecular flexibility index (Phi) is 17.9. The summed E-state index contributed by atoms with van der Waals surface area (Å²) in [7, 11) is 0. The van der Waals surface area contributed by atoms with Crippen LogP contribution >= 0.6 is 34.3 Å². The first-order valence-electron chi connectivity index (χ1n) is 41.9. The minimum absolute atomic E-state index is 0.0233. The Morgan fingerprint density at radius 1 is 0.223 bits per heavy atom. The summed E-state index contributed by atoms with van der Waals surface area (Å²) >= 11 is 10.1. The fraction of sp³-hybridized carbons (Fsp3) is 0.0690. The molecular weight excluding hydrogens is 1520 g/mol. The zero-order chi connectivity index (χ0) is 81.1. The highest BCUT2D eigenvalue weighted by molar-refractivity contribution is 7.26. The molecule has 0 amide bonds. The molecule has 0 bridgehead atoms. The summed E-state index contributed by atoms with van der Waals surface area (Å²) in [6.45, 7) is 9.36. The van der Waals surface area contributed by atoms with Gasteiger partial charge in [0, 0.05) is 84.6 Å². The van der Waals surface area contributed by atoms with Gasteiger partial charge in [0.15, 0.2) is 0 Å². The van der Waals surface area contributed by atoms with Gasteiger partial charge >= 0.3 is 0 Å².